The number of hydrogen-bond acceptors (Lipinski definition) is 6. The summed E-state index contributed by atoms with van der Waals surface area (Å²) in [4.78, 5) is 13.1. The van der Waals surface area contributed by atoms with Crippen LogP contribution in [-0.4, -0.2) is 31.5 Å². The molecule has 4 aromatic rings. The zero-order chi connectivity index (χ0) is 18.6. The molecule has 9 heteroatoms. The highest BCUT2D eigenvalue weighted by Crippen LogP contribution is 2.21. The number of hydrogen-bond donors (Lipinski definition) is 1. The molecule has 0 aliphatic heterocycles. The van der Waals surface area contributed by atoms with Gasteiger partial charge in [0.2, 0.25) is 5.91 Å². The molecule has 0 unspecified atom stereocenters. The van der Waals surface area contributed by atoms with Crippen molar-refractivity contribution in [2.45, 2.75) is 11.6 Å². The number of nitrogens with zero attached hydrogens (tertiary/aromatic N) is 4. The number of fused-ring (bicyclic) bond motifs is 1. The van der Waals surface area contributed by atoms with Crippen molar-refractivity contribution in [3.63, 3.8) is 0 Å². The molecule has 0 fully saturated rings. The van der Waals surface area contributed by atoms with Crippen LogP contribution >= 0.6 is 23.1 Å². The maximum Gasteiger partial charge on any atom is 0.230 e. The lowest BCUT2D eigenvalue weighted by atomic mass is 10.2. The average Bonchev–Trinajstić information content (AvgIpc) is 3.35. The monoisotopic (exact) mass is 399 g/mol. The van der Waals surface area contributed by atoms with E-state index in [4.69, 9.17) is 0 Å². The van der Waals surface area contributed by atoms with Gasteiger partial charge in [-0.3, -0.25) is 4.79 Å². The molecule has 1 aromatic carbocycles. The first-order valence-corrected chi connectivity index (χ1v) is 9.96. The van der Waals surface area contributed by atoms with Gasteiger partial charge in [-0.25, -0.2) is 4.39 Å². The molecule has 1 N–H and O–H groups in total. The second-order valence-electron chi connectivity index (χ2n) is 5.62. The summed E-state index contributed by atoms with van der Waals surface area (Å²) in [7, 11) is 0. The lowest BCUT2D eigenvalue weighted by Gasteiger charge is -2.04. The van der Waals surface area contributed by atoms with Crippen molar-refractivity contribution in [3.05, 3.63) is 64.6 Å². The van der Waals surface area contributed by atoms with Gasteiger partial charge in [-0.1, -0.05) is 17.8 Å². The predicted octanol–water partition coefficient (Wildman–Crippen LogP) is 3.40. The summed E-state index contributed by atoms with van der Waals surface area (Å²) in [6, 6.07) is 13.5. The second kappa shape index (κ2) is 7.85. The van der Waals surface area contributed by atoms with Gasteiger partial charge in [0.05, 0.1) is 12.3 Å². The van der Waals surface area contributed by atoms with Gasteiger partial charge in [-0.2, -0.15) is 9.61 Å². The summed E-state index contributed by atoms with van der Waals surface area (Å²) in [5.41, 5.74) is 1.30. The van der Waals surface area contributed by atoms with Crippen LogP contribution in [0.1, 0.15) is 4.88 Å². The molecule has 0 atom stereocenters. The van der Waals surface area contributed by atoms with Crippen molar-refractivity contribution < 1.29 is 9.18 Å². The number of thioether (sulfide) groups is 1. The molecule has 0 saturated heterocycles. The van der Waals surface area contributed by atoms with Crippen LogP contribution in [0.25, 0.3) is 17.0 Å². The average molecular weight is 399 g/mol. The van der Waals surface area contributed by atoms with E-state index >= 15 is 0 Å². The third kappa shape index (κ3) is 4.15. The molecular formula is C18H14FN5OS2. The van der Waals surface area contributed by atoms with Crippen LogP contribution in [0.2, 0.25) is 0 Å². The van der Waals surface area contributed by atoms with Crippen molar-refractivity contribution >= 4 is 34.7 Å². The number of carbonyl (C=O) groups is 1. The van der Waals surface area contributed by atoms with Gasteiger partial charge in [0, 0.05) is 10.4 Å². The Labute approximate surface area is 162 Å². The molecule has 1 amide bonds. The van der Waals surface area contributed by atoms with Gasteiger partial charge in [-0.15, -0.1) is 21.5 Å². The standard InChI is InChI=1S/C18H14FN5OS2/c19-13-5-3-12(4-6-13)18-22-21-15-7-8-17(23-24(15)18)27-11-16(25)20-10-14-2-1-9-26-14/h1-9H,10-11H2,(H,20,25). The number of nitrogens with one attached hydrogen (secondary N) is 1. The third-order valence-electron chi connectivity index (χ3n) is 3.73. The Morgan fingerprint density at radius 2 is 2.00 bits per heavy atom. The fourth-order valence-corrected chi connectivity index (χ4v) is 3.75. The Morgan fingerprint density at radius 1 is 1.15 bits per heavy atom. The second-order valence-corrected chi connectivity index (χ2v) is 7.64. The van der Waals surface area contributed by atoms with Crippen LogP contribution in [0.15, 0.2) is 58.9 Å². The van der Waals surface area contributed by atoms with E-state index in [0.29, 0.717) is 28.6 Å². The minimum absolute atomic E-state index is 0.0576. The van der Waals surface area contributed by atoms with Gasteiger partial charge in [0.25, 0.3) is 0 Å². The molecule has 0 saturated carbocycles. The summed E-state index contributed by atoms with van der Waals surface area (Å²) in [5.74, 6) is 0.412. The van der Waals surface area contributed by atoms with Gasteiger partial charge in [0.15, 0.2) is 11.5 Å². The van der Waals surface area contributed by atoms with Gasteiger partial charge in [0.1, 0.15) is 10.8 Å². The minimum atomic E-state index is -0.315. The van der Waals surface area contributed by atoms with Crippen molar-refractivity contribution in [2.75, 3.05) is 5.75 Å². The number of carbonyl (C=O) groups excluding carboxylic acids is 1. The van der Waals surface area contributed by atoms with Crippen molar-refractivity contribution in [3.8, 4) is 11.4 Å². The molecular weight excluding hydrogens is 385 g/mol. The van der Waals surface area contributed by atoms with Gasteiger partial charge in [-0.05, 0) is 47.8 Å². The Kier molecular flexibility index (Phi) is 5.12. The number of benzene rings is 1. The topological polar surface area (TPSA) is 72.2 Å². The molecule has 3 aromatic heterocycles. The van der Waals surface area contributed by atoms with E-state index in [2.05, 4.69) is 20.6 Å². The SMILES string of the molecule is O=C(CSc1ccc2nnc(-c3ccc(F)cc3)n2n1)NCc1cccs1. The fraction of sp³-hybridized carbons (Fsp3) is 0.111. The highest BCUT2D eigenvalue weighted by Gasteiger charge is 2.11. The summed E-state index contributed by atoms with van der Waals surface area (Å²) >= 11 is 2.94. The Hall–Kier alpha value is -2.78. The Morgan fingerprint density at radius 3 is 2.78 bits per heavy atom. The number of aromatic nitrogens is 4. The molecule has 27 heavy (non-hydrogen) atoms. The predicted molar refractivity (Wildman–Crippen MR) is 103 cm³/mol. The van der Waals surface area contributed by atoms with Crippen LogP contribution in [0.3, 0.4) is 0 Å². The molecule has 0 aliphatic carbocycles. The van der Waals surface area contributed by atoms with E-state index in [-0.39, 0.29) is 17.5 Å². The molecule has 0 aliphatic rings. The van der Waals surface area contributed by atoms with Crippen molar-refractivity contribution in [1.82, 2.24) is 25.1 Å². The summed E-state index contributed by atoms with van der Waals surface area (Å²) in [6.45, 7) is 0.531. The summed E-state index contributed by atoms with van der Waals surface area (Å²) in [6.07, 6.45) is 0. The normalized spacial score (nSPS) is 11.0. The molecule has 0 bridgehead atoms. The minimum Gasteiger partial charge on any atom is -0.350 e. The molecule has 6 nitrogen and oxygen atoms in total. The van der Waals surface area contributed by atoms with Crippen LogP contribution in [-0.2, 0) is 11.3 Å². The van der Waals surface area contributed by atoms with Crippen molar-refractivity contribution in [1.29, 1.82) is 0 Å². The van der Waals surface area contributed by atoms with Gasteiger partial charge >= 0.3 is 0 Å². The first-order valence-electron chi connectivity index (χ1n) is 8.09. The first kappa shape index (κ1) is 17.6. The highest BCUT2D eigenvalue weighted by atomic mass is 32.2. The molecule has 3 heterocycles. The highest BCUT2D eigenvalue weighted by molar-refractivity contribution is 7.99. The molecule has 136 valence electrons. The molecule has 0 radical (unpaired) electrons. The van der Waals surface area contributed by atoms with Crippen LogP contribution in [0, 0.1) is 5.82 Å². The lowest BCUT2D eigenvalue weighted by molar-refractivity contribution is -0.118. The van der Waals surface area contributed by atoms with E-state index in [1.807, 2.05) is 17.5 Å². The van der Waals surface area contributed by atoms with E-state index in [0.717, 1.165) is 4.88 Å². The maximum atomic E-state index is 13.1. The summed E-state index contributed by atoms with van der Waals surface area (Å²) < 4.78 is 14.7. The van der Waals surface area contributed by atoms with E-state index in [1.54, 1.807) is 40.1 Å². The number of amides is 1. The molecule has 0 spiro atoms. The number of thiophene rings is 1. The van der Waals surface area contributed by atoms with Crippen molar-refractivity contribution in [2.24, 2.45) is 0 Å². The molecule has 4 rings (SSSR count). The van der Waals surface area contributed by atoms with Crippen LogP contribution < -0.4 is 5.32 Å². The number of rotatable bonds is 6. The quantitative estimate of drug-likeness (QED) is 0.503. The first-order chi connectivity index (χ1) is 13.2. The van der Waals surface area contributed by atoms with Gasteiger partial charge < -0.3 is 5.32 Å². The van der Waals surface area contributed by atoms with E-state index in [1.165, 1.54) is 23.9 Å². The number of halogens is 1. The van der Waals surface area contributed by atoms with E-state index in [9.17, 15) is 9.18 Å². The Bertz CT molecular complexity index is 1060. The van der Waals surface area contributed by atoms with E-state index < -0.39 is 0 Å². The van der Waals surface area contributed by atoms with Crippen LogP contribution in [0.4, 0.5) is 4.39 Å². The Balaban J connectivity index is 1.45. The lowest BCUT2D eigenvalue weighted by Crippen LogP contribution is -2.24. The largest absolute Gasteiger partial charge is 0.350 e. The summed E-state index contributed by atoms with van der Waals surface area (Å²) in [5, 5.41) is 18.3. The zero-order valence-electron chi connectivity index (χ0n) is 14.0. The fourth-order valence-electron chi connectivity index (χ4n) is 2.42. The smallest absolute Gasteiger partial charge is 0.230 e. The zero-order valence-corrected chi connectivity index (χ0v) is 15.6. The third-order valence-corrected chi connectivity index (χ3v) is 5.53. The maximum absolute atomic E-state index is 13.1. The van der Waals surface area contributed by atoms with Crippen LogP contribution in [0.5, 0.6) is 0 Å².